The minimum absolute atomic E-state index is 0.508. The second kappa shape index (κ2) is 6.28. The molecule has 20 heavy (non-hydrogen) atoms. The molecule has 5 nitrogen and oxygen atoms in total. The molecule has 0 bridgehead atoms. The van der Waals surface area contributed by atoms with Gasteiger partial charge in [-0.3, -0.25) is 0 Å². The summed E-state index contributed by atoms with van der Waals surface area (Å²) >= 11 is 1.76. The van der Waals surface area contributed by atoms with E-state index in [9.17, 15) is 0 Å². The third-order valence-corrected chi connectivity index (χ3v) is 4.45. The van der Waals surface area contributed by atoms with Gasteiger partial charge < -0.3 is 10.2 Å². The van der Waals surface area contributed by atoms with Gasteiger partial charge in [0.05, 0.1) is 5.01 Å². The standard InChI is InChI=1S/C14H19N5S/c1-11-15-8-13(20-11)9-16-12-4-3-7-19(10-12)14-5-2-6-17-18-14/h2,5-6,8,12,16H,3-4,7,9-10H2,1H3. The zero-order valence-electron chi connectivity index (χ0n) is 11.6. The second-order valence-corrected chi connectivity index (χ2v) is 6.41. The molecule has 1 fully saturated rings. The SMILES string of the molecule is Cc1ncc(CNC2CCCN(c3cccnn3)C2)s1. The van der Waals surface area contributed by atoms with E-state index in [-0.39, 0.29) is 0 Å². The van der Waals surface area contributed by atoms with E-state index in [0.717, 1.165) is 30.5 Å². The van der Waals surface area contributed by atoms with Crippen LogP contribution in [0.15, 0.2) is 24.5 Å². The maximum Gasteiger partial charge on any atom is 0.151 e. The largest absolute Gasteiger partial charge is 0.354 e. The normalized spacial score (nSPS) is 19.2. The van der Waals surface area contributed by atoms with E-state index in [0.29, 0.717) is 6.04 Å². The number of rotatable bonds is 4. The molecule has 2 aromatic rings. The van der Waals surface area contributed by atoms with Crippen LogP contribution in [0, 0.1) is 6.92 Å². The highest BCUT2D eigenvalue weighted by Gasteiger charge is 2.20. The van der Waals surface area contributed by atoms with Gasteiger partial charge in [0, 0.05) is 42.9 Å². The Morgan fingerprint density at radius 2 is 2.45 bits per heavy atom. The van der Waals surface area contributed by atoms with E-state index in [1.165, 1.54) is 17.7 Å². The molecule has 3 rings (SSSR count). The molecule has 0 radical (unpaired) electrons. The summed E-state index contributed by atoms with van der Waals surface area (Å²) in [5.41, 5.74) is 0. The minimum Gasteiger partial charge on any atom is -0.354 e. The Balaban J connectivity index is 1.55. The van der Waals surface area contributed by atoms with Crippen molar-refractivity contribution >= 4 is 17.2 Å². The molecular weight excluding hydrogens is 270 g/mol. The molecule has 0 aromatic carbocycles. The molecule has 106 valence electrons. The van der Waals surface area contributed by atoms with E-state index in [1.807, 2.05) is 25.3 Å². The van der Waals surface area contributed by atoms with Gasteiger partial charge in [0.15, 0.2) is 5.82 Å². The number of anilines is 1. The molecule has 0 amide bonds. The first-order chi connectivity index (χ1) is 9.81. The van der Waals surface area contributed by atoms with Crippen LogP contribution in [0.4, 0.5) is 5.82 Å². The lowest BCUT2D eigenvalue weighted by atomic mass is 10.1. The van der Waals surface area contributed by atoms with Gasteiger partial charge in [0.2, 0.25) is 0 Å². The van der Waals surface area contributed by atoms with Crippen LogP contribution < -0.4 is 10.2 Å². The summed E-state index contributed by atoms with van der Waals surface area (Å²) in [7, 11) is 0. The number of nitrogens with zero attached hydrogens (tertiary/aromatic N) is 4. The second-order valence-electron chi connectivity index (χ2n) is 5.09. The highest BCUT2D eigenvalue weighted by atomic mass is 32.1. The summed E-state index contributed by atoms with van der Waals surface area (Å²) in [5, 5.41) is 12.9. The van der Waals surface area contributed by atoms with Crippen LogP contribution in [0.1, 0.15) is 22.7 Å². The predicted octanol–water partition coefficient (Wildman–Crippen LogP) is 2.00. The van der Waals surface area contributed by atoms with Crippen LogP contribution in [0.5, 0.6) is 0 Å². The number of hydrogen-bond donors (Lipinski definition) is 1. The highest BCUT2D eigenvalue weighted by Crippen LogP contribution is 2.18. The van der Waals surface area contributed by atoms with Gasteiger partial charge in [0.25, 0.3) is 0 Å². The van der Waals surface area contributed by atoms with Crippen LogP contribution in [-0.2, 0) is 6.54 Å². The van der Waals surface area contributed by atoms with Crippen molar-refractivity contribution in [2.45, 2.75) is 32.4 Å². The number of thiazole rings is 1. The number of hydrogen-bond acceptors (Lipinski definition) is 6. The summed E-state index contributed by atoms with van der Waals surface area (Å²) in [6, 6.07) is 4.48. The Labute approximate surface area is 123 Å². The number of aryl methyl sites for hydroxylation is 1. The quantitative estimate of drug-likeness (QED) is 0.933. The van der Waals surface area contributed by atoms with Crippen molar-refractivity contribution in [1.82, 2.24) is 20.5 Å². The maximum atomic E-state index is 4.29. The fraction of sp³-hybridized carbons (Fsp3) is 0.500. The molecule has 1 unspecified atom stereocenters. The molecule has 1 aliphatic rings. The lowest BCUT2D eigenvalue weighted by Crippen LogP contribution is -2.45. The average molecular weight is 289 g/mol. The number of nitrogens with one attached hydrogen (secondary N) is 1. The molecule has 1 saturated heterocycles. The van der Waals surface area contributed by atoms with E-state index in [4.69, 9.17) is 0 Å². The fourth-order valence-corrected chi connectivity index (χ4v) is 3.29. The van der Waals surface area contributed by atoms with E-state index < -0.39 is 0 Å². The number of aromatic nitrogens is 3. The van der Waals surface area contributed by atoms with Crippen LogP contribution >= 0.6 is 11.3 Å². The van der Waals surface area contributed by atoms with E-state index in [2.05, 4.69) is 25.4 Å². The van der Waals surface area contributed by atoms with Gasteiger partial charge in [-0.1, -0.05) is 0 Å². The van der Waals surface area contributed by atoms with Gasteiger partial charge in [-0.15, -0.1) is 16.4 Å². The molecule has 2 aromatic heterocycles. The first-order valence-electron chi connectivity index (χ1n) is 6.98. The zero-order chi connectivity index (χ0) is 13.8. The number of piperidine rings is 1. The van der Waals surface area contributed by atoms with Crippen LogP contribution in [0.3, 0.4) is 0 Å². The van der Waals surface area contributed by atoms with Gasteiger partial charge in [-0.25, -0.2) is 4.98 Å². The molecule has 1 aliphatic heterocycles. The third-order valence-electron chi connectivity index (χ3n) is 3.54. The van der Waals surface area contributed by atoms with Gasteiger partial charge >= 0.3 is 0 Å². The topological polar surface area (TPSA) is 53.9 Å². The molecule has 0 aliphatic carbocycles. The Bertz CT molecular complexity index is 542. The summed E-state index contributed by atoms with van der Waals surface area (Å²) in [4.78, 5) is 7.91. The summed E-state index contributed by atoms with van der Waals surface area (Å²) in [6.45, 7) is 5.02. The van der Waals surface area contributed by atoms with Crippen molar-refractivity contribution < 1.29 is 0 Å². The molecule has 0 saturated carbocycles. The maximum absolute atomic E-state index is 4.29. The lowest BCUT2D eigenvalue weighted by Gasteiger charge is -2.33. The first kappa shape index (κ1) is 13.5. The third kappa shape index (κ3) is 3.32. The van der Waals surface area contributed by atoms with Crippen LogP contribution in [0.25, 0.3) is 0 Å². The van der Waals surface area contributed by atoms with Crippen molar-refractivity contribution in [2.75, 3.05) is 18.0 Å². The Morgan fingerprint density at radius 3 is 3.20 bits per heavy atom. The molecule has 1 N–H and O–H groups in total. The van der Waals surface area contributed by atoms with Crippen molar-refractivity contribution in [3.05, 3.63) is 34.4 Å². The predicted molar refractivity (Wildman–Crippen MR) is 81.0 cm³/mol. The van der Waals surface area contributed by atoms with Gasteiger partial charge in [0.1, 0.15) is 0 Å². The summed E-state index contributed by atoms with van der Waals surface area (Å²) in [6.07, 6.45) is 6.09. The van der Waals surface area contributed by atoms with Crippen molar-refractivity contribution in [3.8, 4) is 0 Å². The molecule has 3 heterocycles. The van der Waals surface area contributed by atoms with Crippen molar-refractivity contribution in [2.24, 2.45) is 0 Å². The van der Waals surface area contributed by atoms with Crippen molar-refractivity contribution in [1.29, 1.82) is 0 Å². The molecular formula is C14H19N5S. The highest BCUT2D eigenvalue weighted by molar-refractivity contribution is 7.11. The average Bonchev–Trinajstić information content (AvgIpc) is 2.92. The molecule has 0 spiro atoms. The van der Waals surface area contributed by atoms with Gasteiger partial charge in [-0.05, 0) is 31.9 Å². The van der Waals surface area contributed by atoms with E-state index >= 15 is 0 Å². The molecule has 1 atom stereocenters. The van der Waals surface area contributed by atoms with Crippen LogP contribution in [-0.4, -0.2) is 34.3 Å². The summed E-state index contributed by atoms with van der Waals surface area (Å²) in [5.74, 6) is 0.979. The first-order valence-corrected chi connectivity index (χ1v) is 7.80. The van der Waals surface area contributed by atoms with Crippen molar-refractivity contribution in [3.63, 3.8) is 0 Å². The van der Waals surface area contributed by atoms with Gasteiger partial charge in [-0.2, -0.15) is 5.10 Å². The Morgan fingerprint density at radius 1 is 1.50 bits per heavy atom. The Hall–Kier alpha value is -1.53. The van der Waals surface area contributed by atoms with Crippen LogP contribution in [0.2, 0.25) is 0 Å². The smallest absolute Gasteiger partial charge is 0.151 e. The molecule has 6 heteroatoms. The summed E-state index contributed by atoms with van der Waals surface area (Å²) < 4.78 is 0. The zero-order valence-corrected chi connectivity index (χ0v) is 12.4. The Kier molecular flexibility index (Phi) is 4.22. The fourth-order valence-electron chi connectivity index (χ4n) is 2.55. The lowest BCUT2D eigenvalue weighted by molar-refractivity contribution is 0.420. The minimum atomic E-state index is 0.508. The van der Waals surface area contributed by atoms with E-state index in [1.54, 1.807) is 17.5 Å². The monoisotopic (exact) mass is 289 g/mol.